The van der Waals surface area contributed by atoms with Gasteiger partial charge in [0.15, 0.2) is 0 Å². The maximum Gasteiger partial charge on any atom is 0.488 e. The Labute approximate surface area is 71.8 Å². The van der Waals surface area contributed by atoms with Gasteiger partial charge >= 0.3 is 11.8 Å². The van der Waals surface area contributed by atoms with Crippen LogP contribution in [0.4, 0.5) is 4.79 Å². The lowest BCUT2D eigenvalue weighted by atomic mass is 10.2. The van der Waals surface area contributed by atoms with E-state index >= 15 is 0 Å². The van der Waals surface area contributed by atoms with Crippen molar-refractivity contribution >= 4 is 6.09 Å². The zero-order valence-corrected chi connectivity index (χ0v) is 6.63. The van der Waals surface area contributed by atoms with Crippen molar-refractivity contribution < 1.29 is 19.4 Å². The van der Waals surface area contributed by atoms with Crippen LogP contribution in [0.3, 0.4) is 0 Å². The highest BCUT2D eigenvalue weighted by Gasteiger charge is 2.52. The van der Waals surface area contributed by atoms with Crippen LogP contribution in [0.5, 0.6) is 0 Å². The van der Waals surface area contributed by atoms with Crippen molar-refractivity contribution in [3.8, 4) is 0 Å². The summed E-state index contributed by atoms with van der Waals surface area (Å²) in [4.78, 5) is 28.1. The Morgan fingerprint density at radius 1 is 1.46 bits per heavy atom. The fourth-order valence-corrected chi connectivity index (χ4v) is 0.380. The molecule has 74 valence electrons. The predicted octanol–water partition coefficient (Wildman–Crippen LogP) is -0.649. The molecule has 0 aromatic rings. The number of carbonyl (C=O) groups is 1. The average molecular weight is 193 g/mol. The molecule has 0 rings (SSSR count). The third kappa shape index (κ3) is 2.54. The third-order valence-corrected chi connectivity index (χ3v) is 1.27. The molecule has 0 radical (unpaired) electrons. The van der Waals surface area contributed by atoms with Gasteiger partial charge in [-0.3, -0.25) is 20.2 Å². The normalized spacial score (nSPS) is 10.5. The number of rotatable bonds is 4. The summed E-state index contributed by atoms with van der Waals surface area (Å²) in [5.41, 5.74) is 1.95. The molecule has 9 nitrogen and oxygen atoms in total. The van der Waals surface area contributed by atoms with E-state index in [1.807, 2.05) is 0 Å². The van der Waals surface area contributed by atoms with Gasteiger partial charge in [-0.25, -0.2) is 4.79 Å². The highest BCUT2D eigenvalue weighted by atomic mass is 16.7. The van der Waals surface area contributed by atoms with E-state index in [9.17, 15) is 25.0 Å². The minimum Gasteiger partial charge on any atom is -0.434 e. The molecule has 0 aliphatic heterocycles. The summed E-state index contributed by atoms with van der Waals surface area (Å²) in [5, 5.41) is 20.4. The van der Waals surface area contributed by atoms with E-state index in [4.69, 9.17) is 0 Å². The van der Waals surface area contributed by atoms with Gasteiger partial charge in [-0.1, -0.05) is 0 Å². The first-order chi connectivity index (χ1) is 5.80. The van der Waals surface area contributed by atoms with Crippen molar-refractivity contribution in [2.75, 3.05) is 6.61 Å². The van der Waals surface area contributed by atoms with Crippen LogP contribution in [0.25, 0.3) is 0 Å². The van der Waals surface area contributed by atoms with Crippen molar-refractivity contribution in [3.05, 3.63) is 20.2 Å². The van der Waals surface area contributed by atoms with E-state index in [-0.39, 0.29) is 0 Å². The molecule has 0 aliphatic carbocycles. The van der Waals surface area contributed by atoms with Crippen LogP contribution in [-0.4, -0.2) is 28.2 Å². The van der Waals surface area contributed by atoms with Crippen LogP contribution in [0, 0.1) is 20.2 Å². The maximum atomic E-state index is 10.2. The molecule has 0 saturated carbocycles. The minimum atomic E-state index is -2.55. The van der Waals surface area contributed by atoms with E-state index in [0.717, 1.165) is 6.92 Å². The number of carbonyl (C=O) groups excluding carboxylic acids is 1. The first-order valence-corrected chi connectivity index (χ1v) is 3.02. The number of nitro groups is 2. The second-order valence-electron chi connectivity index (χ2n) is 2.34. The fraction of sp³-hybridized carbons (Fsp3) is 0.750. The van der Waals surface area contributed by atoms with Gasteiger partial charge < -0.3 is 10.5 Å². The molecule has 2 N–H and O–H groups in total. The van der Waals surface area contributed by atoms with E-state index in [1.165, 1.54) is 0 Å². The van der Waals surface area contributed by atoms with Crippen LogP contribution in [0.15, 0.2) is 0 Å². The lowest BCUT2D eigenvalue weighted by Gasteiger charge is -2.11. The van der Waals surface area contributed by atoms with Gasteiger partial charge in [-0.05, 0) is 0 Å². The molecule has 13 heavy (non-hydrogen) atoms. The first kappa shape index (κ1) is 11.1. The molecule has 0 aromatic carbocycles. The van der Waals surface area contributed by atoms with Crippen LogP contribution in [0.1, 0.15) is 6.92 Å². The largest absolute Gasteiger partial charge is 0.488 e. The lowest BCUT2D eigenvalue weighted by molar-refractivity contribution is -0.793. The smallest absolute Gasteiger partial charge is 0.434 e. The molecular weight excluding hydrogens is 186 g/mol. The number of primary amides is 1. The van der Waals surface area contributed by atoms with Crippen molar-refractivity contribution in [2.45, 2.75) is 12.6 Å². The molecule has 0 aliphatic rings. The Hall–Kier alpha value is -1.93. The fourth-order valence-electron chi connectivity index (χ4n) is 0.380. The third-order valence-electron chi connectivity index (χ3n) is 1.27. The molecule has 0 spiro atoms. The van der Waals surface area contributed by atoms with Crippen LogP contribution >= 0.6 is 0 Å². The Bertz CT molecular complexity index is 236. The number of nitrogens with zero attached hydrogens (tertiary/aromatic N) is 2. The number of ether oxygens (including phenoxy) is 1. The first-order valence-electron chi connectivity index (χ1n) is 3.02. The average Bonchev–Trinajstić information content (AvgIpc) is 1.99. The lowest BCUT2D eigenvalue weighted by Crippen LogP contribution is -2.48. The highest BCUT2D eigenvalue weighted by molar-refractivity contribution is 5.64. The van der Waals surface area contributed by atoms with E-state index < -0.39 is 28.2 Å². The van der Waals surface area contributed by atoms with Gasteiger partial charge in [0, 0.05) is 0 Å². The van der Waals surface area contributed by atoms with Crippen LogP contribution < -0.4 is 5.73 Å². The topological polar surface area (TPSA) is 139 Å². The summed E-state index contributed by atoms with van der Waals surface area (Å²) in [6, 6.07) is 0. The second kappa shape index (κ2) is 3.65. The Morgan fingerprint density at radius 2 is 1.85 bits per heavy atom. The molecular formula is C4H7N3O6. The quantitative estimate of drug-likeness (QED) is 0.357. The summed E-state index contributed by atoms with van der Waals surface area (Å²) in [6.45, 7) is -0.279. The Kier molecular flexibility index (Phi) is 3.11. The molecule has 0 unspecified atom stereocenters. The molecule has 0 heterocycles. The second-order valence-corrected chi connectivity index (χ2v) is 2.34. The van der Waals surface area contributed by atoms with Crippen molar-refractivity contribution in [3.63, 3.8) is 0 Å². The van der Waals surface area contributed by atoms with E-state index in [2.05, 4.69) is 10.5 Å². The molecule has 0 bridgehead atoms. The van der Waals surface area contributed by atoms with E-state index in [1.54, 1.807) is 0 Å². The Balaban J connectivity index is 4.52. The number of hydrogen-bond acceptors (Lipinski definition) is 6. The predicted molar refractivity (Wildman–Crippen MR) is 37.9 cm³/mol. The molecule has 0 atom stereocenters. The van der Waals surface area contributed by atoms with Crippen LogP contribution in [-0.2, 0) is 4.74 Å². The van der Waals surface area contributed by atoms with Crippen molar-refractivity contribution in [1.82, 2.24) is 0 Å². The number of hydrogen-bond donors (Lipinski definition) is 1. The summed E-state index contributed by atoms with van der Waals surface area (Å²) >= 11 is 0. The monoisotopic (exact) mass is 193 g/mol. The standard InChI is InChI=1S/C4H7N3O6/c1-4(6(9)10,7(11)12)2-13-3(5)8/h2H2,1H3,(H2,5,8). The SMILES string of the molecule is CC(COC(N)=O)([N+](=O)[O-])[N+](=O)[O-]. The summed E-state index contributed by atoms with van der Waals surface area (Å²) in [5.74, 6) is 0. The van der Waals surface area contributed by atoms with E-state index in [0.29, 0.717) is 0 Å². The summed E-state index contributed by atoms with van der Waals surface area (Å²) in [6.07, 6.45) is -1.30. The molecule has 0 saturated heterocycles. The Morgan fingerprint density at radius 3 is 2.08 bits per heavy atom. The van der Waals surface area contributed by atoms with Gasteiger partial charge in [0.1, 0.15) is 9.85 Å². The number of nitrogens with two attached hydrogens (primary N) is 1. The van der Waals surface area contributed by atoms with Crippen molar-refractivity contribution in [1.29, 1.82) is 0 Å². The van der Waals surface area contributed by atoms with Gasteiger partial charge in [-0.15, -0.1) is 0 Å². The van der Waals surface area contributed by atoms with Gasteiger partial charge in [0.2, 0.25) is 6.61 Å². The zero-order chi connectivity index (χ0) is 10.6. The maximum absolute atomic E-state index is 10.2. The molecule has 1 amide bonds. The summed E-state index contributed by atoms with van der Waals surface area (Å²) < 4.78 is 3.99. The molecule has 0 fully saturated rings. The van der Waals surface area contributed by atoms with Gasteiger partial charge in [0.05, 0.1) is 6.92 Å². The van der Waals surface area contributed by atoms with Gasteiger partial charge in [-0.2, -0.15) is 0 Å². The summed E-state index contributed by atoms with van der Waals surface area (Å²) in [7, 11) is 0. The zero-order valence-electron chi connectivity index (χ0n) is 6.63. The number of amides is 1. The van der Waals surface area contributed by atoms with Gasteiger partial charge in [0.25, 0.3) is 0 Å². The molecule has 0 aromatic heterocycles. The minimum absolute atomic E-state index is 0.718. The van der Waals surface area contributed by atoms with Crippen molar-refractivity contribution in [2.24, 2.45) is 5.73 Å². The molecule has 9 heteroatoms. The highest BCUT2D eigenvalue weighted by Crippen LogP contribution is 2.09. The van der Waals surface area contributed by atoms with Crippen LogP contribution in [0.2, 0.25) is 0 Å².